The number of pyridine rings is 1. The molecule has 0 amide bonds. The summed E-state index contributed by atoms with van der Waals surface area (Å²) in [7, 11) is 0. The second-order valence-electron chi connectivity index (χ2n) is 5.88. The number of aromatic nitrogens is 2. The van der Waals surface area contributed by atoms with Gasteiger partial charge in [-0.25, -0.2) is 15.0 Å². The smallest absolute Gasteiger partial charge is 0.212 e. The molecule has 1 aliphatic rings. The van der Waals surface area contributed by atoms with E-state index >= 15 is 0 Å². The lowest BCUT2D eigenvalue weighted by Crippen LogP contribution is -2.11. The maximum Gasteiger partial charge on any atom is 0.212 e. The molecule has 0 bridgehead atoms. The van der Waals surface area contributed by atoms with Crippen LogP contribution in [0.4, 0.5) is 5.13 Å². The van der Waals surface area contributed by atoms with E-state index in [1.807, 2.05) is 72.8 Å². The molecule has 5 rings (SSSR count). The second-order valence-corrected chi connectivity index (χ2v) is 6.89. The highest BCUT2D eigenvalue weighted by molar-refractivity contribution is 7.22. The zero-order chi connectivity index (χ0) is 18.1. The van der Waals surface area contributed by atoms with Crippen molar-refractivity contribution < 1.29 is 0 Å². The first-order valence-corrected chi connectivity index (χ1v) is 9.27. The predicted octanol–water partition coefficient (Wildman–Crippen LogP) is 4.67. The molecule has 0 unspecified atom stereocenters. The van der Waals surface area contributed by atoms with Gasteiger partial charge < -0.3 is 0 Å². The summed E-state index contributed by atoms with van der Waals surface area (Å²) in [6, 6.07) is 23.6. The third kappa shape index (κ3) is 3.07. The zero-order valence-electron chi connectivity index (χ0n) is 14.1. The molecule has 0 N–H and O–H groups in total. The molecule has 27 heavy (non-hydrogen) atoms. The van der Waals surface area contributed by atoms with Crippen LogP contribution in [-0.4, -0.2) is 27.4 Å². The standard InChI is InChI=1S/C21H13N5S/c1-2-8-14(9-3-1)19-24-18(16-11-6-7-13-22-16)20(25-19)26-21-23-15-10-4-5-12-17(15)27-21/h1-13H/b26-20-. The van der Waals surface area contributed by atoms with Gasteiger partial charge in [-0.2, -0.15) is 4.99 Å². The van der Waals surface area contributed by atoms with Crippen LogP contribution in [0.25, 0.3) is 10.2 Å². The molecule has 0 spiro atoms. The van der Waals surface area contributed by atoms with Crippen LogP contribution in [0.5, 0.6) is 0 Å². The molecule has 2 aromatic carbocycles. The van der Waals surface area contributed by atoms with Gasteiger partial charge in [-0.15, -0.1) is 0 Å². The zero-order valence-corrected chi connectivity index (χ0v) is 15.0. The van der Waals surface area contributed by atoms with Crippen LogP contribution in [-0.2, 0) is 0 Å². The fourth-order valence-corrected chi connectivity index (χ4v) is 3.64. The van der Waals surface area contributed by atoms with E-state index in [9.17, 15) is 0 Å². The van der Waals surface area contributed by atoms with Crippen LogP contribution < -0.4 is 0 Å². The van der Waals surface area contributed by atoms with E-state index in [-0.39, 0.29) is 0 Å². The SMILES string of the molecule is c1ccc(C2=N/C(=N\c3nc4ccccc4s3)C(c3ccccn3)=N2)cc1. The lowest BCUT2D eigenvalue weighted by Gasteiger charge is -1.98. The second kappa shape index (κ2) is 6.66. The van der Waals surface area contributed by atoms with Gasteiger partial charge in [0.1, 0.15) is 5.71 Å². The highest BCUT2D eigenvalue weighted by Crippen LogP contribution is 2.28. The van der Waals surface area contributed by atoms with Crippen molar-refractivity contribution in [3.8, 4) is 0 Å². The highest BCUT2D eigenvalue weighted by Gasteiger charge is 2.22. The minimum Gasteiger partial charge on any atom is -0.254 e. The van der Waals surface area contributed by atoms with Gasteiger partial charge in [-0.05, 0) is 24.3 Å². The Kier molecular flexibility index (Phi) is 3.88. The lowest BCUT2D eigenvalue weighted by atomic mass is 10.2. The number of hydrogen-bond donors (Lipinski definition) is 0. The van der Waals surface area contributed by atoms with Gasteiger partial charge in [0.25, 0.3) is 0 Å². The van der Waals surface area contributed by atoms with E-state index in [0.29, 0.717) is 22.5 Å². The van der Waals surface area contributed by atoms with Gasteiger partial charge in [0, 0.05) is 11.8 Å². The lowest BCUT2D eigenvalue weighted by molar-refractivity contribution is 1.29. The first-order chi connectivity index (χ1) is 13.4. The minimum atomic E-state index is 0.534. The van der Waals surface area contributed by atoms with Crippen LogP contribution in [0.2, 0.25) is 0 Å². The summed E-state index contributed by atoms with van der Waals surface area (Å²) in [5.74, 6) is 1.17. The summed E-state index contributed by atoms with van der Waals surface area (Å²) in [5, 5.41) is 0.660. The van der Waals surface area contributed by atoms with E-state index in [1.54, 1.807) is 6.20 Å². The molecule has 3 heterocycles. The molecular weight excluding hydrogens is 354 g/mol. The average Bonchev–Trinajstić information content (AvgIpc) is 3.33. The Morgan fingerprint density at radius 2 is 1.59 bits per heavy atom. The van der Waals surface area contributed by atoms with Crippen molar-refractivity contribution in [1.29, 1.82) is 0 Å². The van der Waals surface area contributed by atoms with Crippen molar-refractivity contribution in [1.82, 2.24) is 9.97 Å². The third-order valence-corrected chi connectivity index (χ3v) is 5.00. The number of aliphatic imine (C=N–C) groups is 3. The van der Waals surface area contributed by atoms with Crippen molar-refractivity contribution in [3.63, 3.8) is 0 Å². The van der Waals surface area contributed by atoms with Gasteiger partial charge in [-0.1, -0.05) is 59.9 Å². The van der Waals surface area contributed by atoms with E-state index in [2.05, 4.69) is 15.0 Å². The van der Waals surface area contributed by atoms with Crippen LogP contribution in [0, 0.1) is 0 Å². The van der Waals surface area contributed by atoms with Crippen molar-refractivity contribution in [2.24, 2.45) is 15.0 Å². The Bertz CT molecular complexity index is 1170. The molecule has 2 aromatic heterocycles. The number of fused-ring (bicyclic) bond motifs is 1. The van der Waals surface area contributed by atoms with E-state index in [4.69, 9.17) is 9.98 Å². The van der Waals surface area contributed by atoms with Gasteiger partial charge in [0.15, 0.2) is 11.7 Å². The van der Waals surface area contributed by atoms with E-state index in [0.717, 1.165) is 21.5 Å². The molecule has 0 radical (unpaired) electrons. The summed E-state index contributed by atoms with van der Waals surface area (Å²) in [6.45, 7) is 0. The fourth-order valence-electron chi connectivity index (χ4n) is 2.80. The molecule has 0 saturated carbocycles. The van der Waals surface area contributed by atoms with Crippen LogP contribution in [0.3, 0.4) is 0 Å². The molecule has 6 heteroatoms. The normalized spacial score (nSPS) is 15.2. The first-order valence-electron chi connectivity index (χ1n) is 8.46. The fraction of sp³-hybridized carbons (Fsp3) is 0. The maximum absolute atomic E-state index is 4.71. The maximum atomic E-state index is 4.71. The Hall–Kier alpha value is -3.51. The van der Waals surface area contributed by atoms with Crippen molar-refractivity contribution in [3.05, 3.63) is 90.3 Å². The molecule has 0 atom stereocenters. The van der Waals surface area contributed by atoms with Crippen molar-refractivity contribution in [2.45, 2.75) is 0 Å². The number of amidine groups is 2. The largest absolute Gasteiger partial charge is 0.254 e. The Morgan fingerprint density at radius 1 is 0.778 bits per heavy atom. The van der Waals surface area contributed by atoms with Crippen molar-refractivity contribution in [2.75, 3.05) is 0 Å². The number of nitrogens with zero attached hydrogens (tertiary/aromatic N) is 5. The summed E-state index contributed by atoms with van der Waals surface area (Å²) < 4.78 is 1.10. The molecule has 0 fully saturated rings. The summed E-state index contributed by atoms with van der Waals surface area (Å²) >= 11 is 1.54. The van der Waals surface area contributed by atoms with E-state index in [1.165, 1.54) is 11.3 Å². The Labute approximate surface area is 159 Å². The van der Waals surface area contributed by atoms with E-state index < -0.39 is 0 Å². The topological polar surface area (TPSA) is 62.9 Å². The molecular formula is C21H13N5S. The first kappa shape index (κ1) is 15.7. The monoisotopic (exact) mass is 367 g/mol. The molecule has 1 aliphatic heterocycles. The summed E-state index contributed by atoms with van der Waals surface area (Å²) in [4.78, 5) is 23.1. The third-order valence-electron chi connectivity index (χ3n) is 4.06. The van der Waals surface area contributed by atoms with Crippen LogP contribution in [0.15, 0.2) is 94.0 Å². The van der Waals surface area contributed by atoms with Crippen LogP contribution >= 0.6 is 11.3 Å². The summed E-state index contributed by atoms with van der Waals surface area (Å²) in [5.41, 5.74) is 3.28. The highest BCUT2D eigenvalue weighted by atomic mass is 32.1. The molecule has 0 aliphatic carbocycles. The van der Waals surface area contributed by atoms with Gasteiger partial charge in [-0.3, -0.25) is 4.98 Å². The molecule has 5 nitrogen and oxygen atoms in total. The average molecular weight is 367 g/mol. The number of rotatable bonds is 3. The van der Waals surface area contributed by atoms with Gasteiger partial charge in [0.2, 0.25) is 5.13 Å². The molecule has 128 valence electrons. The molecule has 4 aromatic rings. The Balaban J connectivity index is 1.63. The number of thiazole rings is 1. The Morgan fingerprint density at radius 3 is 2.41 bits per heavy atom. The van der Waals surface area contributed by atoms with Crippen molar-refractivity contribution >= 4 is 44.1 Å². The van der Waals surface area contributed by atoms with Gasteiger partial charge >= 0.3 is 0 Å². The van der Waals surface area contributed by atoms with Crippen LogP contribution in [0.1, 0.15) is 11.3 Å². The quantitative estimate of drug-likeness (QED) is 0.528. The predicted molar refractivity (Wildman–Crippen MR) is 110 cm³/mol. The number of para-hydroxylation sites is 1. The number of hydrogen-bond acceptors (Lipinski definition) is 5. The molecule has 0 saturated heterocycles. The minimum absolute atomic E-state index is 0.534. The summed E-state index contributed by atoms with van der Waals surface area (Å²) in [6.07, 6.45) is 1.74. The van der Waals surface area contributed by atoms with Gasteiger partial charge in [0.05, 0.1) is 15.9 Å². The number of benzene rings is 2.